The molecule has 2 aromatic carbocycles. The van der Waals surface area contributed by atoms with Crippen LogP contribution in [0.25, 0.3) is 5.53 Å². The highest BCUT2D eigenvalue weighted by Crippen LogP contribution is 2.28. The molecule has 2 rings (SSSR count). The van der Waals surface area contributed by atoms with Crippen molar-refractivity contribution in [2.75, 3.05) is 0 Å². The van der Waals surface area contributed by atoms with Gasteiger partial charge in [0.15, 0.2) is 0 Å². The molecule has 0 unspecified atom stereocenters. The Labute approximate surface area is 158 Å². The van der Waals surface area contributed by atoms with E-state index in [-0.39, 0.29) is 20.9 Å². The smallest absolute Gasteiger partial charge is 0.392 e. The molecule has 0 spiro atoms. The minimum Gasteiger partial charge on any atom is -0.392 e. The molecule has 9 heteroatoms. The highest BCUT2D eigenvalue weighted by molar-refractivity contribution is 8.31. The van der Waals surface area contributed by atoms with E-state index in [9.17, 15) is 27.5 Å². The van der Waals surface area contributed by atoms with Gasteiger partial charge in [0.2, 0.25) is 0 Å². The highest BCUT2D eigenvalue weighted by Gasteiger charge is 2.46. The van der Waals surface area contributed by atoms with Gasteiger partial charge in [-0.15, -0.1) is 4.79 Å². The number of benzene rings is 2. The van der Waals surface area contributed by atoms with Crippen LogP contribution in [-0.2, 0) is 26.3 Å². The molecule has 0 heterocycles. The first-order valence-electron chi connectivity index (χ1n) is 7.97. The van der Waals surface area contributed by atoms with Gasteiger partial charge in [-0.05, 0) is 50.5 Å². The quantitative estimate of drug-likeness (QED) is 0.361. The summed E-state index contributed by atoms with van der Waals surface area (Å²) in [6.45, 7) is 5.88. The number of hydrogen-bond acceptors (Lipinski definition) is 5. The number of sulfone groups is 2. The van der Waals surface area contributed by atoms with Crippen LogP contribution in [0.3, 0.4) is 0 Å². The molecule has 0 fully saturated rings. The van der Waals surface area contributed by atoms with Crippen LogP contribution in [-0.4, -0.2) is 31.1 Å². The van der Waals surface area contributed by atoms with Crippen molar-refractivity contribution < 1.29 is 26.7 Å². The molecular formula is C18H20N2O5S2. The Morgan fingerprint density at radius 3 is 2.04 bits per heavy atom. The van der Waals surface area contributed by atoms with E-state index in [1.54, 1.807) is 26.0 Å². The lowest BCUT2D eigenvalue weighted by Crippen LogP contribution is -2.28. The second kappa shape index (κ2) is 7.36. The lowest BCUT2D eigenvalue weighted by molar-refractivity contribution is 0.00379. The molecule has 0 saturated heterocycles. The van der Waals surface area contributed by atoms with Crippen molar-refractivity contribution in [3.63, 3.8) is 0 Å². The van der Waals surface area contributed by atoms with Crippen LogP contribution in [0.15, 0.2) is 40.1 Å². The van der Waals surface area contributed by atoms with Crippen molar-refractivity contribution >= 4 is 24.1 Å². The zero-order valence-electron chi connectivity index (χ0n) is 15.4. The molecule has 7 nitrogen and oxygen atoms in total. The first-order chi connectivity index (χ1) is 12.5. The summed E-state index contributed by atoms with van der Waals surface area (Å²) in [7, 11) is -9.35. The van der Waals surface area contributed by atoms with Gasteiger partial charge in [-0.1, -0.05) is 35.4 Å². The summed E-state index contributed by atoms with van der Waals surface area (Å²) in [5.41, 5.74) is 11.5. The summed E-state index contributed by atoms with van der Waals surface area (Å²) in [6, 6.07) is 7.38. The van der Waals surface area contributed by atoms with Gasteiger partial charge in [-0.2, -0.15) is 0 Å². The minimum absolute atomic E-state index is 0.0319. The normalized spacial score (nSPS) is 11.9. The van der Waals surface area contributed by atoms with E-state index in [1.807, 2.05) is 0 Å². The van der Waals surface area contributed by atoms with Crippen molar-refractivity contribution in [1.29, 1.82) is 0 Å². The van der Waals surface area contributed by atoms with E-state index in [1.165, 1.54) is 32.0 Å². The molecule has 0 aliphatic carbocycles. The van der Waals surface area contributed by atoms with Crippen LogP contribution in [0, 0.1) is 27.7 Å². The Hall–Kier alpha value is -2.32. The van der Waals surface area contributed by atoms with Crippen LogP contribution in [0.1, 0.15) is 27.8 Å². The molecule has 0 saturated carbocycles. The number of hydrogen-bond donors (Lipinski definition) is 1. The Bertz CT molecular complexity index is 1180. The zero-order valence-corrected chi connectivity index (χ0v) is 17.0. The predicted molar refractivity (Wildman–Crippen MR) is 101 cm³/mol. The van der Waals surface area contributed by atoms with E-state index < -0.39 is 30.7 Å². The summed E-state index contributed by atoms with van der Waals surface area (Å²) in [6.07, 6.45) is 0. The van der Waals surface area contributed by atoms with Crippen molar-refractivity contribution in [2.24, 2.45) is 0 Å². The fraction of sp³-hybridized carbons (Fsp3) is 0.278. The maximum atomic E-state index is 13.1. The third-order valence-corrected chi connectivity index (χ3v) is 8.65. The van der Waals surface area contributed by atoms with E-state index in [2.05, 4.69) is 4.79 Å². The second-order valence-electron chi connectivity index (χ2n) is 6.37. The van der Waals surface area contributed by atoms with Crippen molar-refractivity contribution in [2.45, 2.75) is 44.1 Å². The molecule has 0 aliphatic heterocycles. The van der Waals surface area contributed by atoms with Crippen LogP contribution < -0.4 is 0 Å². The summed E-state index contributed by atoms with van der Waals surface area (Å²) in [5.74, 6) is 0. The molecule has 0 bridgehead atoms. The Morgan fingerprint density at radius 1 is 0.926 bits per heavy atom. The topological polar surface area (TPSA) is 125 Å². The van der Waals surface area contributed by atoms with Gasteiger partial charge in [-0.3, -0.25) is 0 Å². The standard InChI is InChI=1S/C18H20N2O5S2/c1-11-5-6-16(13(3)7-11)26(22,23)18(20-19)27(24,25)17-14(4)8-12(2)9-15(17)10-21/h5-9,21H,10H2,1-4H3. The van der Waals surface area contributed by atoms with E-state index in [0.717, 1.165) is 5.56 Å². The number of aryl methyl sites for hydroxylation is 4. The van der Waals surface area contributed by atoms with Crippen molar-refractivity contribution in [3.8, 4) is 0 Å². The minimum atomic E-state index is -4.72. The van der Waals surface area contributed by atoms with Crippen LogP contribution in [0.4, 0.5) is 0 Å². The van der Waals surface area contributed by atoms with E-state index in [4.69, 9.17) is 0 Å². The van der Waals surface area contributed by atoms with Gasteiger partial charge in [0, 0.05) is 0 Å². The monoisotopic (exact) mass is 408 g/mol. The summed E-state index contributed by atoms with van der Waals surface area (Å²) in [5, 5.41) is 9.56. The molecule has 27 heavy (non-hydrogen) atoms. The van der Waals surface area contributed by atoms with Crippen LogP contribution >= 0.6 is 0 Å². The summed E-state index contributed by atoms with van der Waals surface area (Å²) in [4.78, 5) is 2.00. The predicted octanol–water partition coefficient (Wildman–Crippen LogP) is 2.25. The average Bonchev–Trinajstić information content (AvgIpc) is 2.53. The largest absolute Gasteiger partial charge is 0.504 e. The molecule has 2 aromatic rings. The molecular weight excluding hydrogens is 388 g/mol. The second-order valence-corrected chi connectivity index (χ2v) is 10.3. The van der Waals surface area contributed by atoms with E-state index >= 15 is 0 Å². The fourth-order valence-corrected chi connectivity index (χ4v) is 7.01. The van der Waals surface area contributed by atoms with Gasteiger partial charge >= 0.3 is 4.38 Å². The molecule has 0 amide bonds. The molecule has 0 radical (unpaired) electrons. The highest BCUT2D eigenvalue weighted by atomic mass is 32.3. The van der Waals surface area contributed by atoms with Crippen LogP contribution in [0.2, 0.25) is 0 Å². The number of aliphatic hydroxyl groups excluding tert-OH is 1. The maximum Gasteiger partial charge on any atom is 0.504 e. The van der Waals surface area contributed by atoms with Gasteiger partial charge in [-0.25, -0.2) is 16.8 Å². The lowest BCUT2D eigenvalue weighted by atomic mass is 10.1. The fourth-order valence-electron chi connectivity index (χ4n) is 3.08. The first-order valence-corrected chi connectivity index (χ1v) is 10.9. The Kier molecular flexibility index (Phi) is 5.72. The van der Waals surface area contributed by atoms with Crippen molar-refractivity contribution in [3.05, 3.63) is 63.7 Å². The third kappa shape index (κ3) is 3.72. The first kappa shape index (κ1) is 21.0. The molecule has 0 atom stereocenters. The summed E-state index contributed by atoms with van der Waals surface area (Å²) >= 11 is 0. The van der Waals surface area contributed by atoms with Crippen LogP contribution in [0.5, 0.6) is 0 Å². The molecule has 0 aliphatic rings. The zero-order chi connectivity index (χ0) is 20.6. The van der Waals surface area contributed by atoms with E-state index in [0.29, 0.717) is 11.1 Å². The van der Waals surface area contributed by atoms with Gasteiger partial charge < -0.3 is 10.6 Å². The molecule has 144 valence electrons. The lowest BCUT2D eigenvalue weighted by Gasteiger charge is -2.12. The maximum absolute atomic E-state index is 13.1. The molecule has 1 N–H and O–H groups in total. The SMILES string of the molecule is Cc1ccc(S(=O)(=O)C(=[N+]=[N-])S(=O)(=O)c2c(C)cc(C)cc2CO)c(C)c1. The van der Waals surface area contributed by atoms with Gasteiger partial charge in [0.1, 0.15) is 0 Å². The Balaban J connectivity index is 2.80. The number of rotatable bonds is 3. The third-order valence-electron chi connectivity index (χ3n) is 4.10. The summed E-state index contributed by atoms with van der Waals surface area (Å²) < 4.78 is 50.7. The number of aliphatic hydroxyl groups is 1. The van der Waals surface area contributed by atoms with Crippen molar-refractivity contribution in [1.82, 2.24) is 0 Å². The number of nitrogens with zero attached hydrogens (tertiary/aromatic N) is 2. The van der Waals surface area contributed by atoms with Gasteiger partial charge in [0.05, 0.1) is 16.4 Å². The Morgan fingerprint density at radius 2 is 1.52 bits per heavy atom. The average molecular weight is 409 g/mol. The molecule has 0 aromatic heterocycles. The van der Waals surface area contributed by atoms with Gasteiger partial charge in [0.25, 0.3) is 19.7 Å².